The highest BCUT2D eigenvalue weighted by Gasteiger charge is 2.14. The van der Waals surface area contributed by atoms with Gasteiger partial charge in [-0.2, -0.15) is 5.26 Å². The molecule has 1 aliphatic heterocycles. The summed E-state index contributed by atoms with van der Waals surface area (Å²) >= 11 is 0. The lowest BCUT2D eigenvalue weighted by Crippen LogP contribution is -2.02. The van der Waals surface area contributed by atoms with Crippen molar-refractivity contribution < 1.29 is 14.2 Å². The first kappa shape index (κ1) is 15.2. The van der Waals surface area contributed by atoms with E-state index in [0.29, 0.717) is 6.61 Å². The van der Waals surface area contributed by atoms with Gasteiger partial charge >= 0.3 is 0 Å². The second kappa shape index (κ2) is 7.06. The largest absolute Gasteiger partial charge is 0.493 e. The molecule has 0 fully saturated rings. The summed E-state index contributed by atoms with van der Waals surface area (Å²) in [7, 11) is 0. The zero-order valence-electron chi connectivity index (χ0n) is 13.1. The molecule has 2 aromatic carbocycles. The third-order valence-electron chi connectivity index (χ3n) is 3.89. The van der Waals surface area contributed by atoms with Crippen LogP contribution in [0.15, 0.2) is 42.5 Å². The van der Waals surface area contributed by atoms with Crippen LogP contribution in [0, 0.1) is 18.3 Å². The summed E-state index contributed by atoms with van der Waals surface area (Å²) < 4.78 is 16.3. The van der Waals surface area contributed by atoms with Crippen LogP contribution in [0.3, 0.4) is 0 Å². The van der Waals surface area contributed by atoms with Gasteiger partial charge in [0.1, 0.15) is 5.75 Å². The van der Waals surface area contributed by atoms with E-state index in [1.165, 1.54) is 5.56 Å². The first-order valence-electron chi connectivity index (χ1n) is 7.75. The van der Waals surface area contributed by atoms with Crippen molar-refractivity contribution >= 4 is 0 Å². The molecule has 23 heavy (non-hydrogen) atoms. The highest BCUT2D eigenvalue weighted by molar-refractivity contribution is 5.46. The molecule has 4 heteroatoms. The number of nitriles is 1. The number of benzene rings is 2. The highest BCUT2D eigenvalue weighted by atomic mass is 16.7. The van der Waals surface area contributed by atoms with Crippen LogP contribution >= 0.6 is 0 Å². The predicted octanol–water partition coefficient (Wildman–Crippen LogP) is 4.19. The average molecular weight is 309 g/mol. The summed E-state index contributed by atoms with van der Waals surface area (Å²) in [5.41, 5.74) is 2.28. The van der Waals surface area contributed by atoms with E-state index in [9.17, 15) is 5.26 Å². The Morgan fingerprint density at radius 3 is 2.70 bits per heavy atom. The highest BCUT2D eigenvalue weighted by Crippen LogP contribution is 2.35. The Labute approximate surface area is 136 Å². The summed E-state index contributed by atoms with van der Waals surface area (Å²) in [5.74, 6) is 2.15. The minimum absolute atomic E-state index is 0.0871. The van der Waals surface area contributed by atoms with Gasteiger partial charge in [-0.25, -0.2) is 0 Å². The fraction of sp³-hybridized carbons (Fsp3) is 0.316. The zero-order valence-corrected chi connectivity index (χ0v) is 13.1. The minimum atomic E-state index is -0.0871. The molecule has 0 radical (unpaired) electrons. The number of ether oxygens (including phenoxy) is 3. The van der Waals surface area contributed by atoms with Gasteiger partial charge in [0, 0.05) is 6.07 Å². The molecule has 2 aromatic rings. The third-order valence-corrected chi connectivity index (χ3v) is 3.89. The Balaban J connectivity index is 1.49. The van der Waals surface area contributed by atoms with E-state index in [2.05, 4.69) is 6.07 Å². The van der Waals surface area contributed by atoms with E-state index in [4.69, 9.17) is 14.2 Å². The van der Waals surface area contributed by atoms with Crippen molar-refractivity contribution in [2.75, 3.05) is 13.4 Å². The maximum absolute atomic E-state index is 9.35. The van der Waals surface area contributed by atoms with Crippen LogP contribution in [0.2, 0.25) is 0 Å². The van der Waals surface area contributed by atoms with Crippen LogP contribution in [0.1, 0.15) is 29.9 Å². The number of hydrogen-bond donors (Lipinski definition) is 0. The maximum Gasteiger partial charge on any atom is 0.231 e. The minimum Gasteiger partial charge on any atom is -0.493 e. The Bertz CT molecular complexity index is 704. The number of hydrogen-bond acceptors (Lipinski definition) is 4. The first-order chi connectivity index (χ1) is 11.3. The second-order valence-corrected chi connectivity index (χ2v) is 5.60. The molecule has 4 nitrogen and oxygen atoms in total. The van der Waals surface area contributed by atoms with Crippen LogP contribution in [-0.2, 0) is 0 Å². The van der Waals surface area contributed by atoms with Gasteiger partial charge < -0.3 is 14.2 Å². The summed E-state index contributed by atoms with van der Waals surface area (Å²) in [6.07, 6.45) is 1.60. The van der Waals surface area contributed by atoms with E-state index >= 15 is 0 Å². The molecule has 0 amide bonds. The van der Waals surface area contributed by atoms with Crippen molar-refractivity contribution in [2.24, 2.45) is 0 Å². The standard InChI is InChI=1S/C19H19NO3/c1-14-4-6-15(7-5-14)16(12-20)3-2-10-21-17-8-9-18-19(11-17)23-13-22-18/h4-9,11,16H,2-3,10,13H2,1H3. The van der Waals surface area contributed by atoms with Crippen LogP contribution in [0.25, 0.3) is 0 Å². The molecule has 1 aliphatic rings. The maximum atomic E-state index is 9.35. The first-order valence-corrected chi connectivity index (χ1v) is 7.75. The summed E-state index contributed by atoms with van der Waals surface area (Å²) in [6, 6.07) is 16.1. The van der Waals surface area contributed by atoms with Crippen molar-refractivity contribution in [2.45, 2.75) is 25.7 Å². The number of aryl methyl sites for hydroxylation is 1. The topological polar surface area (TPSA) is 51.5 Å². The Morgan fingerprint density at radius 1 is 1.13 bits per heavy atom. The van der Waals surface area contributed by atoms with Crippen molar-refractivity contribution in [3.8, 4) is 23.3 Å². The zero-order chi connectivity index (χ0) is 16.1. The van der Waals surface area contributed by atoms with Gasteiger partial charge in [-0.05, 0) is 37.5 Å². The van der Waals surface area contributed by atoms with Gasteiger partial charge in [0.05, 0.1) is 18.6 Å². The number of fused-ring (bicyclic) bond motifs is 1. The predicted molar refractivity (Wildman–Crippen MR) is 86.8 cm³/mol. The molecule has 0 bridgehead atoms. The molecular formula is C19H19NO3. The lowest BCUT2D eigenvalue weighted by molar-refractivity contribution is 0.173. The van der Waals surface area contributed by atoms with E-state index in [1.54, 1.807) is 0 Å². The van der Waals surface area contributed by atoms with E-state index < -0.39 is 0 Å². The van der Waals surface area contributed by atoms with Gasteiger partial charge in [0.15, 0.2) is 11.5 Å². The molecule has 1 unspecified atom stereocenters. The third kappa shape index (κ3) is 3.75. The molecule has 0 saturated carbocycles. The fourth-order valence-corrected chi connectivity index (χ4v) is 2.55. The molecule has 3 rings (SSSR count). The molecule has 0 saturated heterocycles. The summed E-state index contributed by atoms with van der Waals surface area (Å²) in [6.45, 7) is 2.88. The van der Waals surface area contributed by atoms with Gasteiger partial charge in [0.25, 0.3) is 0 Å². The van der Waals surface area contributed by atoms with Gasteiger partial charge in [-0.1, -0.05) is 29.8 Å². The normalized spacial score (nSPS) is 13.4. The van der Waals surface area contributed by atoms with Crippen molar-refractivity contribution in [1.29, 1.82) is 5.26 Å². The van der Waals surface area contributed by atoms with E-state index in [-0.39, 0.29) is 12.7 Å². The molecular weight excluding hydrogens is 290 g/mol. The van der Waals surface area contributed by atoms with Crippen LogP contribution in [0.5, 0.6) is 17.2 Å². The number of rotatable bonds is 6. The quantitative estimate of drug-likeness (QED) is 0.751. The monoisotopic (exact) mass is 309 g/mol. The van der Waals surface area contributed by atoms with Gasteiger partial charge in [0.2, 0.25) is 6.79 Å². The average Bonchev–Trinajstić information content (AvgIpc) is 3.04. The van der Waals surface area contributed by atoms with Crippen molar-refractivity contribution in [1.82, 2.24) is 0 Å². The molecule has 0 aliphatic carbocycles. The van der Waals surface area contributed by atoms with Crippen LogP contribution in [-0.4, -0.2) is 13.4 Å². The Hall–Kier alpha value is -2.67. The number of nitrogens with zero attached hydrogens (tertiary/aromatic N) is 1. The fourth-order valence-electron chi connectivity index (χ4n) is 2.55. The van der Waals surface area contributed by atoms with Crippen molar-refractivity contribution in [3.63, 3.8) is 0 Å². The Kier molecular flexibility index (Phi) is 4.68. The molecule has 0 N–H and O–H groups in total. The molecule has 0 aromatic heterocycles. The SMILES string of the molecule is Cc1ccc(C(C#N)CCCOc2ccc3c(c2)OCO3)cc1. The molecule has 1 atom stereocenters. The van der Waals surface area contributed by atoms with Gasteiger partial charge in [-0.3, -0.25) is 0 Å². The lowest BCUT2D eigenvalue weighted by atomic mass is 9.95. The van der Waals surface area contributed by atoms with Crippen LogP contribution < -0.4 is 14.2 Å². The van der Waals surface area contributed by atoms with Gasteiger partial charge in [-0.15, -0.1) is 0 Å². The van der Waals surface area contributed by atoms with Crippen molar-refractivity contribution in [3.05, 3.63) is 53.6 Å². The van der Waals surface area contributed by atoms with E-state index in [1.807, 2.05) is 49.4 Å². The molecule has 0 spiro atoms. The summed E-state index contributed by atoms with van der Waals surface area (Å²) in [4.78, 5) is 0. The molecule has 118 valence electrons. The van der Waals surface area contributed by atoms with E-state index in [0.717, 1.165) is 35.7 Å². The Morgan fingerprint density at radius 2 is 1.91 bits per heavy atom. The lowest BCUT2D eigenvalue weighted by Gasteiger charge is -2.11. The van der Waals surface area contributed by atoms with Crippen LogP contribution in [0.4, 0.5) is 0 Å². The molecule has 1 heterocycles. The second-order valence-electron chi connectivity index (χ2n) is 5.60. The summed E-state index contributed by atoms with van der Waals surface area (Å²) in [5, 5.41) is 9.35. The smallest absolute Gasteiger partial charge is 0.231 e.